The molecule has 5 aromatic rings. The first-order chi connectivity index (χ1) is 24.7. The molecule has 1 saturated heterocycles. The Morgan fingerprint density at radius 2 is 1.31 bits per heavy atom. The number of ether oxygens (including phenoxy) is 3. The average Bonchev–Trinajstić information content (AvgIpc) is 3.14. The SMILES string of the molecule is COc1cc(O)c2c(c1C(=O)C=Cc1ccc(O)cc1)O[C@H](c1ccc(O)cc1)[C@@H]1[C@@H](c3ccc(O)cc3)O[C@@H](CCc3ccc(O)cc3)C[C@@H]21. The molecule has 2 aliphatic rings. The van der Waals surface area contributed by atoms with Crippen molar-refractivity contribution in [3.05, 3.63) is 143 Å². The molecule has 5 N–H and O–H groups in total. The van der Waals surface area contributed by atoms with Gasteiger partial charge in [0.1, 0.15) is 51.9 Å². The highest BCUT2D eigenvalue weighted by Crippen LogP contribution is 2.60. The fraction of sp³-hybridized carbons (Fsp3) is 0.214. The van der Waals surface area contributed by atoms with E-state index in [4.69, 9.17) is 14.2 Å². The van der Waals surface area contributed by atoms with Crippen LogP contribution in [-0.4, -0.2) is 44.5 Å². The van der Waals surface area contributed by atoms with Crippen LogP contribution in [0.15, 0.2) is 109 Å². The summed E-state index contributed by atoms with van der Waals surface area (Å²) in [6.07, 6.45) is 3.36. The zero-order valence-electron chi connectivity index (χ0n) is 27.8. The molecule has 2 heterocycles. The minimum Gasteiger partial charge on any atom is -0.508 e. The summed E-state index contributed by atoms with van der Waals surface area (Å²) in [5.74, 6) is -0.344. The lowest BCUT2D eigenvalue weighted by atomic mass is 9.68. The predicted molar refractivity (Wildman–Crippen MR) is 191 cm³/mol. The van der Waals surface area contributed by atoms with Crippen molar-refractivity contribution in [1.29, 1.82) is 0 Å². The Hall–Kier alpha value is -5.93. The third kappa shape index (κ3) is 6.93. The lowest BCUT2D eigenvalue weighted by Crippen LogP contribution is -2.42. The van der Waals surface area contributed by atoms with E-state index >= 15 is 0 Å². The molecule has 5 atom stereocenters. The number of allylic oxidation sites excluding steroid dienone is 1. The fourth-order valence-electron chi connectivity index (χ4n) is 7.34. The summed E-state index contributed by atoms with van der Waals surface area (Å²) in [6, 6.07) is 28.6. The van der Waals surface area contributed by atoms with Crippen molar-refractivity contribution in [3.8, 4) is 40.2 Å². The van der Waals surface area contributed by atoms with Gasteiger partial charge >= 0.3 is 0 Å². The summed E-state index contributed by atoms with van der Waals surface area (Å²) in [7, 11) is 1.43. The van der Waals surface area contributed by atoms with Gasteiger partial charge in [0.15, 0.2) is 5.78 Å². The number of hydrogen-bond donors (Lipinski definition) is 5. The van der Waals surface area contributed by atoms with Crippen molar-refractivity contribution < 1.29 is 44.5 Å². The number of hydrogen-bond acceptors (Lipinski definition) is 9. The summed E-state index contributed by atoms with van der Waals surface area (Å²) in [5, 5.41) is 51.5. The summed E-state index contributed by atoms with van der Waals surface area (Å²) >= 11 is 0. The minimum absolute atomic E-state index is 0.0660. The molecule has 51 heavy (non-hydrogen) atoms. The van der Waals surface area contributed by atoms with Crippen molar-refractivity contribution in [2.24, 2.45) is 5.92 Å². The van der Waals surface area contributed by atoms with Crippen molar-refractivity contribution in [2.75, 3.05) is 7.11 Å². The number of carbonyl (C=O) groups is 1. The normalized spacial score (nSPS) is 21.0. The zero-order valence-corrected chi connectivity index (χ0v) is 27.8. The van der Waals surface area contributed by atoms with Crippen LogP contribution in [0.4, 0.5) is 0 Å². The molecule has 0 aliphatic carbocycles. The Bertz CT molecular complexity index is 2040. The molecule has 260 valence electrons. The predicted octanol–water partition coefficient (Wildman–Crippen LogP) is 8.12. The van der Waals surface area contributed by atoms with Gasteiger partial charge in [0.2, 0.25) is 0 Å². The molecule has 7 rings (SSSR count). The van der Waals surface area contributed by atoms with E-state index in [1.54, 1.807) is 66.7 Å². The Labute approximate surface area is 295 Å². The lowest BCUT2D eigenvalue weighted by Gasteiger charge is -2.49. The number of fused-ring (bicyclic) bond motifs is 3. The summed E-state index contributed by atoms with van der Waals surface area (Å²) in [4.78, 5) is 14.1. The van der Waals surface area contributed by atoms with E-state index in [0.29, 0.717) is 30.4 Å². The van der Waals surface area contributed by atoms with E-state index in [2.05, 4.69) is 0 Å². The van der Waals surface area contributed by atoms with Crippen molar-refractivity contribution in [1.82, 2.24) is 0 Å². The number of aryl methyl sites for hydroxylation is 1. The van der Waals surface area contributed by atoms with Crippen LogP contribution in [0.25, 0.3) is 6.08 Å². The molecule has 0 unspecified atom stereocenters. The van der Waals surface area contributed by atoms with E-state index in [-0.39, 0.29) is 57.8 Å². The Morgan fingerprint density at radius 1 is 0.765 bits per heavy atom. The van der Waals surface area contributed by atoms with E-state index < -0.39 is 23.9 Å². The van der Waals surface area contributed by atoms with Crippen LogP contribution in [-0.2, 0) is 11.2 Å². The molecule has 0 radical (unpaired) electrons. The van der Waals surface area contributed by atoms with Crippen LogP contribution in [0.5, 0.6) is 40.2 Å². The quantitative estimate of drug-likeness (QED) is 0.0767. The maximum Gasteiger partial charge on any atom is 0.193 e. The van der Waals surface area contributed by atoms with Gasteiger partial charge in [-0.25, -0.2) is 0 Å². The molecular formula is C42H38O9. The zero-order chi connectivity index (χ0) is 35.6. The molecule has 9 nitrogen and oxygen atoms in total. The number of phenols is 5. The van der Waals surface area contributed by atoms with Gasteiger partial charge in [-0.3, -0.25) is 4.79 Å². The van der Waals surface area contributed by atoms with Gasteiger partial charge in [0.05, 0.1) is 19.3 Å². The second-order valence-electron chi connectivity index (χ2n) is 13.0. The highest BCUT2D eigenvalue weighted by atomic mass is 16.5. The molecule has 0 bridgehead atoms. The van der Waals surface area contributed by atoms with Crippen LogP contribution < -0.4 is 9.47 Å². The van der Waals surface area contributed by atoms with Crippen molar-refractivity contribution in [2.45, 2.75) is 43.5 Å². The van der Waals surface area contributed by atoms with Gasteiger partial charge in [-0.1, -0.05) is 54.6 Å². The van der Waals surface area contributed by atoms with Gasteiger partial charge < -0.3 is 39.7 Å². The second kappa shape index (κ2) is 14.1. The van der Waals surface area contributed by atoms with Crippen molar-refractivity contribution in [3.63, 3.8) is 0 Å². The Kier molecular flexibility index (Phi) is 9.30. The Balaban J connectivity index is 1.36. The minimum atomic E-state index is -0.681. The summed E-state index contributed by atoms with van der Waals surface area (Å²) < 4.78 is 19.4. The average molecular weight is 687 g/mol. The number of methoxy groups -OCH3 is 1. The molecule has 0 aromatic heterocycles. The maximum absolute atomic E-state index is 14.1. The lowest BCUT2D eigenvalue weighted by molar-refractivity contribution is -0.134. The molecule has 0 amide bonds. The van der Waals surface area contributed by atoms with Gasteiger partial charge in [0, 0.05) is 23.5 Å². The van der Waals surface area contributed by atoms with Crippen LogP contribution in [0.1, 0.15) is 69.1 Å². The van der Waals surface area contributed by atoms with Gasteiger partial charge in [0.25, 0.3) is 0 Å². The van der Waals surface area contributed by atoms with E-state index in [1.807, 2.05) is 24.3 Å². The third-order valence-corrected chi connectivity index (χ3v) is 9.82. The van der Waals surface area contributed by atoms with E-state index in [1.165, 1.54) is 31.4 Å². The molecule has 0 spiro atoms. The standard InChI is InChI=1S/C42H38O9/c1-49-36-23-35(48)37-33-22-32(20-6-24-2-12-28(43)13-3-24)50-40(26-8-16-30(45)17-9-26)38(33)41(27-10-18-31(46)19-11-27)51-42(37)39(36)34(47)21-7-25-4-14-29(44)15-5-25/h2-5,7-19,21,23,32-33,38,40-41,43-46,48H,6,20,22H2,1H3/t32-,33-,38-,40+,41+/m0/s1. The number of aromatic hydroxyl groups is 5. The number of ketones is 1. The van der Waals surface area contributed by atoms with Crippen molar-refractivity contribution >= 4 is 11.9 Å². The second-order valence-corrected chi connectivity index (χ2v) is 13.0. The molecule has 9 heteroatoms. The smallest absolute Gasteiger partial charge is 0.193 e. The summed E-state index contributed by atoms with van der Waals surface area (Å²) in [6.45, 7) is 0. The largest absolute Gasteiger partial charge is 0.508 e. The van der Waals surface area contributed by atoms with E-state index in [9.17, 15) is 30.3 Å². The highest BCUT2D eigenvalue weighted by molar-refractivity contribution is 6.11. The third-order valence-electron chi connectivity index (χ3n) is 9.82. The van der Waals surface area contributed by atoms with Crippen LogP contribution >= 0.6 is 0 Å². The molecule has 0 saturated carbocycles. The van der Waals surface area contributed by atoms with Crippen LogP contribution in [0.3, 0.4) is 0 Å². The molecule has 1 fully saturated rings. The highest BCUT2D eigenvalue weighted by Gasteiger charge is 2.51. The van der Waals surface area contributed by atoms with Gasteiger partial charge in [-0.2, -0.15) is 0 Å². The molecular weight excluding hydrogens is 648 g/mol. The summed E-state index contributed by atoms with van der Waals surface area (Å²) in [5.41, 5.74) is 3.94. The first-order valence-corrected chi connectivity index (χ1v) is 16.8. The Morgan fingerprint density at radius 3 is 1.90 bits per heavy atom. The van der Waals surface area contributed by atoms with Gasteiger partial charge in [-0.15, -0.1) is 0 Å². The molecule has 2 aliphatic heterocycles. The number of carbonyl (C=O) groups excluding carboxylic acids is 1. The number of benzene rings is 5. The van der Waals surface area contributed by atoms with Crippen LogP contribution in [0.2, 0.25) is 0 Å². The number of phenolic OH excluding ortho intramolecular Hbond substituents is 5. The first kappa shape index (κ1) is 33.6. The van der Waals surface area contributed by atoms with Crippen LogP contribution in [0, 0.1) is 5.92 Å². The molecule has 5 aromatic carbocycles. The monoisotopic (exact) mass is 686 g/mol. The van der Waals surface area contributed by atoms with E-state index in [0.717, 1.165) is 16.7 Å². The first-order valence-electron chi connectivity index (χ1n) is 16.8. The topological polar surface area (TPSA) is 146 Å². The fourth-order valence-corrected chi connectivity index (χ4v) is 7.34. The van der Waals surface area contributed by atoms with Gasteiger partial charge in [-0.05, 0) is 96.1 Å². The number of rotatable bonds is 9. The maximum atomic E-state index is 14.1.